The first-order valence-corrected chi connectivity index (χ1v) is 17.6. The second kappa shape index (κ2) is 12.9. The van der Waals surface area contributed by atoms with Gasteiger partial charge in [0.25, 0.3) is 5.91 Å². The molecule has 0 saturated heterocycles. The van der Waals surface area contributed by atoms with Gasteiger partial charge < -0.3 is 14.8 Å². The van der Waals surface area contributed by atoms with Gasteiger partial charge in [-0.05, 0) is 127 Å². The Hall–Kier alpha value is -4.24. The summed E-state index contributed by atoms with van der Waals surface area (Å²) in [6.45, 7) is 2.44. The third kappa shape index (κ3) is 7.41. The van der Waals surface area contributed by atoms with Gasteiger partial charge in [-0.3, -0.25) is 14.4 Å². The minimum absolute atomic E-state index is 0.0176. The van der Waals surface area contributed by atoms with E-state index in [0.717, 1.165) is 28.7 Å². The number of rotatable bonds is 10. The van der Waals surface area contributed by atoms with Crippen molar-refractivity contribution >= 4 is 39.4 Å². The molecule has 0 spiro atoms. The first-order chi connectivity index (χ1) is 21.9. The molecule has 9 heteroatoms. The summed E-state index contributed by atoms with van der Waals surface area (Å²) in [4.78, 5) is 35.8. The Morgan fingerprint density at radius 2 is 1.39 bits per heavy atom. The maximum absolute atomic E-state index is 13.0. The van der Waals surface area contributed by atoms with E-state index >= 15 is 0 Å². The van der Waals surface area contributed by atoms with Crippen LogP contribution in [0.5, 0.6) is 11.5 Å². The molecule has 1 N–H and O–H groups in total. The number of nitrogens with one attached hydrogen (secondary N) is 1. The van der Waals surface area contributed by atoms with Crippen molar-refractivity contribution < 1.29 is 32.3 Å². The van der Waals surface area contributed by atoms with E-state index in [-0.39, 0.29) is 29.6 Å². The number of hydrogen-bond donors (Lipinski definition) is 1. The van der Waals surface area contributed by atoms with Crippen molar-refractivity contribution in [2.75, 3.05) is 11.1 Å². The van der Waals surface area contributed by atoms with Gasteiger partial charge in [-0.1, -0.05) is 30.3 Å². The highest BCUT2D eigenvalue weighted by Gasteiger charge is 2.51. The van der Waals surface area contributed by atoms with Gasteiger partial charge in [-0.2, -0.15) is 0 Å². The number of carbonyl (C=O) groups is 3. The zero-order valence-electron chi connectivity index (χ0n) is 26.2. The number of amides is 1. The number of carbonyl (C=O) groups excluding carboxylic acids is 3. The lowest BCUT2D eigenvalue weighted by atomic mass is 9.48. The normalized spacial score (nSPS) is 23.3. The van der Waals surface area contributed by atoms with Crippen molar-refractivity contribution in [3.63, 3.8) is 0 Å². The highest BCUT2D eigenvalue weighted by molar-refractivity contribution is 7.94. The number of aryl methyl sites for hydroxylation is 1. The molecule has 4 aliphatic carbocycles. The number of anilines is 1. The first kappa shape index (κ1) is 31.7. The Morgan fingerprint density at radius 1 is 0.804 bits per heavy atom. The van der Waals surface area contributed by atoms with Crippen molar-refractivity contribution in [2.45, 2.75) is 64.2 Å². The summed E-state index contributed by atoms with van der Waals surface area (Å²) < 4.78 is 35.6. The van der Waals surface area contributed by atoms with Gasteiger partial charge in [-0.25, -0.2) is 8.42 Å². The second-order valence-electron chi connectivity index (χ2n) is 13.2. The molecule has 8 nitrogen and oxygen atoms in total. The van der Waals surface area contributed by atoms with Crippen molar-refractivity contribution in [1.82, 2.24) is 0 Å². The molecule has 1 amide bonds. The van der Waals surface area contributed by atoms with E-state index < -0.39 is 21.8 Å². The molecule has 3 aromatic rings. The lowest BCUT2D eigenvalue weighted by molar-refractivity contribution is -0.134. The summed E-state index contributed by atoms with van der Waals surface area (Å²) in [5.74, 6) is 1.23. The first-order valence-electron chi connectivity index (χ1n) is 15.9. The minimum Gasteiger partial charge on any atom is -0.423 e. The van der Waals surface area contributed by atoms with E-state index in [2.05, 4.69) is 17.4 Å². The zero-order valence-corrected chi connectivity index (χ0v) is 27.0. The molecular formula is C37H39NO7S. The molecule has 0 atom stereocenters. The Morgan fingerprint density at radius 3 is 1.98 bits per heavy atom. The average molecular weight is 642 g/mol. The standard InChI is InChI=1S/C37H39NO7S/c1-24(39)44-34-12-5-27(20-35(34)45-25(2)40)14-16-46(42,43)15-13-26-3-10-33(11-4-26)38-36(41)31-6-8-32(9-7-31)37-21-28-17-29(22-37)19-30(18-28)23-37/h3-12,14,16,20,28-30H,13,15,17-19,21-23H2,1-2H3,(H,38,41)/b16-14+. The van der Waals surface area contributed by atoms with Crippen molar-refractivity contribution in [1.29, 1.82) is 0 Å². The van der Waals surface area contributed by atoms with Crippen LogP contribution < -0.4 is 14.8 Å². The molecule has 4 fully saturated rings. The fraction of sp³-hybridized carbons (Fsp3) is 0.378. The maximum atomic E-state index is 13.0. The molecule has 0 aliphatic heterocycles. The van der Waals surface area contributed by atoms with E-state index in [1.807, 2.05) is 24.3 Å². The molecule has 3 aromatic carbocycles. The minimum atomic E-state index is -3.57. The molecule has 0 unspecified atom stereocenters. The summed E-state index contributed by atoms with van der Waals surface area (Å²) in [6.07, 6.45) is 9.78. The van der Waals surface area contributed by atoms with Crippen LogP contribution >= 0.6 is 0 Å². The van der Waals surface area contributed by atoms with Gasteiger partial charge in [0.1, 0.15) is 0 Å². The smallest absolute Gasteiger partial charge is 0.308 e. The third-order valence-corrected chi connectivity index (χ3v) is 11.0. The van der Waals surface area contributed by atoms with Gasteiger partial charge in [0.15, 0.2) is 21.3 Å². The van der Waals surface area contributed by atoms with E-state index in [4.69, 9.17) is 9.47 Å². The van der Waals surface area contributed by atoms with Crippen LogP contribution in [-0.4, -0.2) is 32.0 Å². The highest BCUT2D eigenvalue weighted by Crippen LogP contribution is 2.60. The average Bonchev–Trinajstić information content (AvgIpc) is 3.00. The number of ether oxygens (including phenoxy) is 2. The van der Waals surface area contributed by atoms with Gasteiger partial charge in [0, 0.05) is 30.5 Å². The molecule has 0 aromatic heterocycles. The predicted octanol–water partition coefficient (Wildman–Crippen LogP) is 6.89. The van der Waals surface area contributed by atoms with Crippen LogP contribution in [-0.2, 0) is 31.3 Å². The second-order valence-corrected chi connectivity index (χ2v) is 15.2. The Bertz CT molecular complexity index is 1740. The summed E-state index contributed by atoms with van der Waals surface area (Å²) >= 11 is 0. The van der Waals surface area contributed by atoms with Gasteiger partial charge in [0.05, 0.1) is 5.75 Å². The number of sulfone groups is 1. The molecule has 4 aliphatic rings. The van der Waals surface area contributed by atoms with E-state index in [9.17, 15) is 22.8 Å². The predicted molar refractivity (Wildman–Crippen MR) is 176 cm³/mol. The van der Waals surface area contributed by atoms with Crippen LogP contribution in [0.2, 0.25) is 0 Å². The lowest BCUT2D eigenvalue weighted by Gasteiger charge is -2.57. The van der Waals surface area contributed by atoms with E-state index in [1.54, 1.807) is 18.2 Å². The van der Waals surface area contributed by atoms with Crippen LogP contribution in [0.25, 0.3) is 6.08 Å². The topological polar surface area (TPSA) is 116 Å². The van der Waals surface area contributed by atoms with Crippen molar-refractivity contribution in [3.8, 4) is 11.5 Å². The molecule has 7 rings (SSSR count). The largest absolute Gasteiger partial charge is 0.423 e. The monoisotopic (exact) mass is 641 g/mol. The fourth-order valence-corrected chi connectivity index (χ4v) is 9.03. The number of esters is 2. The molecule has 46 heavy (non-hydrogen) atoms. The molecule has 0 heterocycles. The molecule has 4 saturated carbocycles. The molecular weight excluding hydrogens is 602 g/mol. The van der Waals surface area contributed by atoms with E-state index in [1.165, 1.54) is 76.1 Å². The summed E-state index contributed by atoms with van der Waals surface area (Å²) in [7, 11) is -3.57. The van der Waals surface area contributed by atoms with Crippen molar-refractivity contribution in [3.05, 3.63) is 94.4 Å². The third-order valence-electron chi connectivity index (χ3n) is 9.63. The summed E-state index contributed by atoms with van der Waals surface area (Å²) in [6, 6.07) is 19.8. The van der Waals surface area contributed by atoms with Crippen LogP contribution in [0, 0.1) is 17.8 Å². The highest BCUT2D eigenvalue weighted by atomic mass is 32.2. The quantitative estimate of drug-likeness (QED) is 0.189. The maximum Gasteiger partial charge on any atom is 0.308 e. The van der Waals surface area contributed by atoms with Crippen LogP contribution in [0.4, 0.5) is 5.69 Å². The van der Waals surface area contributed by atoms with Gasteiger partial charge in [-0.15, -0.1) is 0 Å². The van der Waals surface area contributed by atoms with Gasteiger partial charge in [0.2, 0.25) is 0 Å². The van der Waals surface area contributed by atoms with Crippen LogP contribution in [0.1, 0.15) is 79.4 Å². The molecule has 4 bridgehead atoms. The van der Waals surface area contributed by atoms with E-state index in [0.29, 0.717) is 22.2 Å². The number of benzene rings is 3. The summed E-state index contributed by atoms with van der Waals surface area (Å²) in [5.41, 5.74) is 4.23. The van der Waals surface area contributed by atoms with Gasteiger partial charge >= 0.3 is 11.9 Å². The number of hydrogen-bond acceptors (Lipinski definition) is 7. The zero-order chi connectivity index (χ0) is 32.5. The fourth-order valence-electron chi connectivity index (χ4n) is 8.01. The van der Waals surface area contributed by atoms with Crippen LogP contribution in [0.15, 0.2) is 72.1 Å². The van der Waals surface area contributed by atoms with Crippen molar-refractivity contribution in [2.24, 2.45) is 17.8 Å². The Kier molecular flexibility index (Phi) is 8.88. The molecule has 240 valence electrons. The lowest BCUT2D eigenvalue weighted by Crippen LogP contribution is -2.48. The Labute approximate surface area is 270 Å². The Balaban J connectivity index is 1.02. The SMILES string of the molecule is CC(=O)Oc1ccc(/C=C/S(=O)(=O)CCc2ccc(NC(=O)c3ccc(C45CC6CC(CC(C6)C4)C5)cc3)cc2)cc1OC(C)=O. The van der Waals surface area contributed by atoms with Crippen LogP contribution in [0.3, 0.4) is 0 Å². The molecule has 0 radical (unpaired) electrons. The summed E-state index contributed by atoms with van der Waals surface area (Å²) in [5, 5.41) is 4.06.